The first-order valence-corrected chi connectivity index (χ1v) is 10.8. The van der Waals surface area contributed by atoms with Crippen LogP contribution in [0, 0.1) is 0 Å². The number of carbonyl (C=O) groups excluding carboxylic acids is 1. The molecule has 0 unspecified atom stereocenters. The lowest BCUT2D eigenvalue weighted by Crippen LogP contribution is -2.35. The summed E-state index contributed by atoms with van der Waals surface area (Å²) in [5.41, 5.74) is 1.19. The molecule has 0 bridgehead atoms. The van der Waals surface area contributed by atoms with E-state index in [2.05, 4.69) is 15.7 Å². The third kappa shape index (κ3) is 4.69. The van der Waals surface area contributed by atoms with E-state index in [1.54, 1.807) is 55.5 Å². The lowest BCUT2D eigenvalue weighted by molar-refractivity contribution is -0.173. The first-order valence-electron chi connectivity index (χ1n) is 10.4. The Bertz CT molecular complexity index is 1200. The molecule has 1 aliphatic heterocycles. The summed E-state index contributed by atoms with van der Waals surface area (Å²) in [6.07, 6.45) is -5.71. The topological polar surface area (TPSA) is 88.4 Å². The van der Waals surface area contributed by atoms with Gasteiger partial charge in [0.1, 0.15) is 16.6 Å². The van der Waals surface area contributed by atoms with Crippen molar-refractivity contribution >= 4 is 29.0 Å². The van der Waals surface area contributed by atoms with Crippen LogP contribution in [0.1, 0.15) is 53.1 Å². The van der Waals surface area contributed by atoms with Gasteiger partial charge < -0.3 is 20.5 Å². The van der Waals surface area contributed by atoms with E-state index >= 15 is 0 Å². The van der Waals surface area contributed by atoms with Crippen LogP contribution >= 0.6 is 11.6 Å². The summed E-state index contributed by atoms with van der Waals surface area (Å²) in [7, 11) is 1.50. The number of rotatable bonds is 5. The van der Waals surface area contributed by atoms with Crippen LogP contribution < -0.4 is 15.4 Å². The molecular weight excluding hydrogens is 473 g/mol. The Kier molecular flexibility index (Phi) is 6.46. The summed E-state index contributed by atoms with van der Waals surface area (Å²) in [5, 5.41) is 19.0. The molecule has 180 valence electrons. The van der Waals surface area contributed by atoms with E-state index in [1.807, 2.05) is 0 Å². The number of anilines is 2. The van der Waals surface area contributed by atoms with Crippen molar-refractivity contribution in [1.82, 2.24) is 9.78 Å². The van der Waals surface area contributed by atoms with E-state index in [1.165, 1.54) is 7.11 Å². The number of fused-ring (bicyclic) bond motifs is 1. The second-order valence-electron chi connectivity index (χ2n) is 7.97. The van der Waals surface area contributed by atoms with Crippen molar-refractivity contribution in [3.8, 4) is 5.75 Å². The lowest BCUT2D eigenvalue weighted by atomic mass is 9.97. The fourth-order valence-corrected chi connectivity index (χ4v) is 4.12. The minimum atomic E-state index is -4.61. The van der Waals surface area contributed by atoms with Gasteiger partial charge in [0.05, 0.1) is 19.3 Å². The normalized spacial score (nSPS) is 18.6. The number of nitrogens with one attached hydrogen (secondary N) is 2. The Morgan fingerprint density at radius 3 is 2.62 bits per heavy atom. The number of aromatic nitrogens is 2. The highest BCUT2D eigenvalue weighted by Crippen LogP contribution is 2.46. The minimum absolute atomic E-state index is 0.0843. The van der Waals surface area contributed by atoms with Gasteiger partial charge in [0.15, 0.2) is 11.7 Å². The van der Waals surface area contributed by atoms with E-state index in [4.69, 9.17) is 16.3 Å². The molecule has 0 aliphatic carbocycles. The zero-order chi connectivity index (χ0) is 24.6. The number of ether oxygens (including phenoxy) is 1. The SMILES string of the molecule is COc1ccc([C@H]2C[C@@H](C(F)(F)F)n3nc(C(=O)Nc4cccc([C@@H](C)O)c4)c(Cl)c3N2)cc1. The molecule has 1 amide bonds. The van der Waals surface area contributed by atoms with Gasteiger partial charge in [-0.2, -0.15) is 18.3 Å². The predicted molar refractivity (Wildman–Crippen MR) is 121 cm³/mol. The highest BCUT2D eigenvalue weighted by atomic mass is 35.5. The van der Waals surface area contributed by atoms with Gasteiger partial charge >= 0.3 is 6.18 Å². The van der Waals surface area contributed by atoms with E-state index in [0.29, 0.717) is 22.6 Å². The molecule has 7 nitrogen and oxygen atoms in total. The van der Waals surface area contributed by atoms with Crippen molar-refractivity contribution in [2.45, 2.75) is 37.7 Å². The Labute approximate surface area is 198 Å². The highest BCUT2D eigenvalue weighted by Gasteiger charge is 2.47. The van der Waals surface area contributed by atoms with E-state index < -0.39 is 30.3 Å². The average Bonchev–Trinajstić information content (AvgIpc) is 3.14. The van der Waals surface area contributed by atoms with Gasteiger partial charge in [0, 0.05) is 12.1 Å². The molecule has 0 spiro atoms. The fraction of sp³-hybridized carbons (Fsp3) is 0.304. The van der Waals surface area contributed by atoms with E-state index in [9.17, 15) is 23.1 Å². The molecule has 4 rings (SSSR count). The zero-order valence-electron chi connectivity index (χ0n) is 18.2. The summed E-state index contributed by atoms with van der Waals surface area (Å²) >= 11 is 6.37. The molecule has 0 saturated heterocycles. The molecule has 3 atom stereocenters. The number of aliphatic hydroxyl groups is 1. The molecule has 0 fully saturated rings. The van der Waals surface area contributed by atoms with E-state index in [-0.39, 0.29) is 23.0 Å². The number of nitrogens with zero attached hydrogens (tertiary/aromatic N) is 2. The molecular formula is C23H22ClF3N4O3. The fourth-order valence-electron chi connectivity index (χ4n) is 3.86. The van der Waals surface area contributed by atoms with Crippen LogP contribution in [0.4, 0.5) is 24.7 Å². The van der Waals surface area contributed by atoms with E-state index in [0.717, 1.165) is 4.68 Å². The average molecular weight is 495 g/mol. The highest BCUT2D eigenvalue weighted by molar-refractivity contribution is 6.36. The van der Waals surface area contributed by atoms with Crippen molar-refractivity contribution in [1.29, 1.82) is 0 Å². The first-order chi connectivity index (χ1) is 16.1. The molecule has 1 aromatic heterocycles. The largest absolute Gasteiger partial charge is 0.497 e. The maximum absolute atomic E-state index is 14.0. The van der Waals surface area contributed by atoms with Crippen molar-refractivity contribution in [3.05, 3.63) is 70.4 Å². The third-order valence-corrected chi connectivity index (χ3v) is 6.01. The number of alkyl halides is 3. The van der Waals surface area contributed by atoms with Crippen LogP contribution in [0.25, 0.3) is 0 Å². The molecule has 2 heterocycles. The summed E-state index contributed by atoms with van der Waals surface area (Å²) in [6, 6.07) is 10.4. The van der Waals surface area contributed by atoms with Crippen molar-refractivity contribution in [2.75, 3.05) is 17.7 Å². The van der Waals surface area contributed by atoms with Crippen LogP contribution in [0.2, 0.25) is 5.02 Å². The van der Waals surface area contributed by atoms with Gasteiger partial charge in [0.2, 0.25) is 0 Å². The van der Waals surface area contributed by atoms with Gasteiger partial charge in [-0.15, -0.1) is 0 Å². The number of aliphatic hydroxyl groups excluding tert-OH is 1. The molecule has 3 N–H and O–H groups in total. The smallest absolute Gasteiger partial charge is 0.410 e. The van der Waals surface area contributed by atoms with Crippen LogP contribution in [0.15, 0.2) is 48.5 Å². The van der Waals surface area contributed by atoms with Crippen molar-refractivity contribution in [3.63, 3.8) is 0 Å². The van der Waals surface area contributed by atoms with Crippen LogP contribution in [-0.4, -0.2) is 34.1 Å². The molecule has 1 aliphatic rings. The van der Waals surface area contributed by atoms with Crippen LogP contribution in [0.5, 0.6) is 5.75 Å². The van der Waals surface area contributed by atoms with Gasteiger partial charge in [-0.05, 0) is 42.3 Å². The van der Waals surface area contributed by atoms with Crippen LogP contribution in [0.3, 0.4) is 0 Å². The van der Waals surface area contributed by atoms with Crippen molar-refractivity contribution in [2.24, 2.45) is 0 Å². The summed E-state index contributed by atoms with van der Waals surface area (Å²) in [5.74, 6) is -0.272. The summed E-state index contributed by atoms with van der Waals surface area (Å²) in [6.45, 7) is 1.57. The zero-order valence-corrected chi connectivity index (χ0v) is 19.0. The van der Waals surface area contributed by atoms with Crippen LogP contribution in [-0.2, 0) is 0 Å². The second-order valence-corrected chi connectivity index (χ2v) is 8.35. The summed E-state index contributed by atoms with van der Waals surface area (Å²) in [4.78, 5) is 12.9. The monoisotopic (exact) mass is 494 g/mol. The number of hydrogen-bond acceptors (Lipinski definition) is 5. The number of halogens is 4. The molecule has 2 aromatic carbocycles. The van der Waals surface area contributed by atoms with Gasteiger partial charge in [-0.3, -0.25) is 4.79 Å². The lowest BCUT2D eigenvalue weighted by Gasteiger charge is -2.33. The van der Waals surface area contributed by atoms with Gasteiger partial charge in [-0.25, -0.2) is 4.68 Å². The predicted octanol–water partition coefficient (Wildman–Crippen LogP) is 5.51. The quantitative estimate of drug-likeness (QED) is 0.435. The van der Waals surface area contributed by atoms with Crippen molar-refractivity contribution < 1.29 is 27.8 Å². The first kappa shape index (κ1) is 23.9. The number of benzene rings is 2. The Hall–Kier alpha value is -3.24. The number of amides is 1. The minimum Gasteiger partial charge on any atom is -0.497 e. The molecule has 34 heavy (non-hydrogen) atoms. The maximum Gasteiger partial charge on any atom is 0.410 e. The van der Waals surface area contributed by atoms with Gasteiger partial charge in [0.25, 0.3) is 5.91 Å². The second kappa shape index (κ2) is 9.19. The Balaban J connectivity index is 1.66. The number of hydrogen-bond donors (Lipinski definition) is 3. The number of carbonyl (C=O) groups is 1. The summed E-state index contributed by atoms with van der Waals surface area (Å²) < 4.78 is 47.7. The maximum atomic E-state index is 14.0. The third-order valence-electron chi connectivity index (χ3n) is 5.66. The molecule has 0 saturated carbocycles. The Morgan fingerprint density at radius 2 is 2.00 bits per heavy atom. The molecule has 3 aromatic rings. The number of methoxy groups -OCH3 is 1. The molecule has 11 heteroatoms. The standard InChI is InChI=1S/C23H22ClF3N4O3/c1-12(32)14-4-3-5-15(10-14)28-22(33)20-19(24)21-29-17(13-6-8-16(34-2)9-7-13)11-18(23(25,26)27)31(21)30-20/h3-10,12,17-18,29,32H,11H2,1-2H3,(H,28,33)/t12-,17-,18+/m1/s1. The molecule has 0 radical (unpaired) electrons. The van der Waals surface area contributed by atoms with Gasteiger partial charge in [-0.1, -0.05) is 35.9 Å². The Morgan fingerprint density at radius 1 is 1.29 bits per heavy atom.